The van der Waals surface area contributed by atoms with Gasteiger partial charge < -0.3 is 5.32 Å². The highest BCUT2D eigenvalue weighted by molar-refractivity contribution is 7.19. The summed E-state index contributed by atoms with van der Waals surface area (Å²) in [5.41, 5.74) is 4.00. The van der Waals surface area contributed by atoms with Gasteiger partial charge in [0, 0.05) is 14.0 Å². The molecule has 18 heavy (non-hydrogen) atoms. The first-order valence-electron chi connectivity index (χ1n) is 5.80. The number of carbonyl (C=O) groups excluding carboxylic acids is 1. The molecule has 1 heterocycles. The maximum Gasteiger partial charge on any atom is 0.183 e. The minimum absolute atomic E-state index is 0.00339. The SMILES string of the molecule is CNc1nc(C(C)=O)c(-c2cc(C)ccc2C)s1. The molecule has 1 N–H and O–H groups in total. The zero-order valence-electron chi connectivity index (χ0n) is 11.0. The van der Waals surface area contributed by atoms with Crippen molar-refractivity contribution in [2.24, 2.45) is 0 Å². The monoisotopic (exact) mass is 260 g/mol. The third-order valence-corrected chi connectivity index (χ3v) is 3.92. The van der Waals surface area contributed by atoms with Gasteiger partial charge in [-0.1, -0.05) is 35.1 Å². The van der Waals surface area contributed by atoms with E-state index < -0.39 is 0 Å². The average molecular weight is 260 g/mol. The zero-order chi connectivity index (χ0) is 13.3. The second-order valence-electron chi connectivity index (χ2n) is 4.32. The number of benzene rings is 1. The maximum absolute atomic E-state index is 11.7. The van der Waals surface area contributed by atoms with Crippen molar-refractivity contribution < 1.29 is 4.79 Å². The molecule has 1 aromatic heterocycles. The van der Waals surface area contributed by atoms with Gasteiger partial charge in [0.1, 0.15) is 5.69 Å². The molecule has 0 aliphatic carbocycles. The first kappa shape index (κ1) is 12.8. The van der Waals surface area contributed by atoms with Crippen LogP contribution in [0.1, 0.15) is 28.5 Å². The van der Waals surface area contributed by atoms with E-state index in [2.05, 4.69) is 42.3 Å². The van der Waals surface area contributed by atoms with Crippen LogP contribution in [0.5, 0.6) is 0 Å². The van der Waals surface area contributed by atoms with E-state index in [-0.39, 0.29) is 5.78 Å². The van der Waals surface area contributed by atoms with E-state index in [4.69, 9.17) is 0 Å². The summed E-state index contributed by atoms with van der Waals surface area (Å²) < 4.78 is 0. The lowest BCUT2D eigenvalue weighted by atomic mass is 10.0. The van der Waals surface area contributed by atoms with Crippen molar-refractivity contribution in [1.82, 2.24) is 4.98 Å². The second kappa shape index (κ2) is 4.90. The number of carbonyl (C=O) groups is 1. The number of anilines is 1. The van der Waals surface area contributed by atoms with Crippen LogP contribution >= 0.6 is 11.3 Å². The molecule has 0 atom stereocenters. The molecular formula is C14H16N2OS. The van der Waals surface area contributed by atoms with Crippen LogP contribution in [-0.4, -0.2) is 17.8 Å². The summed E-state index contributed by atoms with van der Waals surface area (Å²) in [6, 6.07) is 6.26. The Hall–Kier alpha value is -1.68. The van der Waals surface area contributed by atoms with Crippen molar-refractivity contribution in [2.75, 3.05) is 12.4 Å². The molecule has 0 saturated carbocycles. The Kier molecular flexibility index (Phi) is 3.48. The van der Waals surface area contributed by atoms with Crippen molar-refractivity contribution in [1.29, 1.82) is 0 Å². The first-order chi connectivity index (χ1) is 8.52. The number of aromatic nitrogens is 1. The van der Waals surface area contributed by atoms with Gasteiger partial charge in [0.2, 0.25) is 0 Å². The van der Waals surface area contributed by atoms with Gasteiger partial charge in [0.25, 0.3) is 0 Å². The minimum Gasteiger partial charge on any atom is -0.365 e. The van der Waals surface area contributed by atoms with Crippen molar-refractivity contribution in [2.45, 2.75) is 20.8 Å². The summed E-state index contributed by atoms with van der Waals surface area (Å²) in [6.45, 7) is 5.66. The van der Waals surface area contributed by atoms with Crippen molar-refractivity contribution in [3.8, 4) is 10.4 Å². The molecule has 1 aromatic carbocycles. The lowest BCUT2D eigenvalue weighted by Gasteiger charge is -2.05. The Morgan fingerprint density at radius 2 is 2.06 bits per heavy atom. The molecule has 0 amide bonds. The molecule has 2 rings (SSSR count). The molecule has 0 aliphatic rings. The van der Waals surface area contributed by atoms with Crippen molar-refractivity contribution in [3.05, 3.63) is 35.0 Å². The number of nitrogens with zero attached hydrogens (tertiary/aromatic N) is 1. The van der Waals surface area contributed by atoms with Gasteiger partial charge in [-0.05, 0) is 25.0 Å². The van der Waals surface area contributed by atoms with Gasteiger partial charge in [-0.2, -0.15) is 0 Å². The van der Waals surface area contributed by atoms with E-state index in [0.29, 0.717) is 5.69 Å². The van der Waals surface area contributed by atoms with Crippen LogP contribution in [0.3, 0.4) is 0 Å². The van der Waals surface area contributed by atoms with E-state index in [0.717, 1.165) is 21.1 Å². The topological polar surface area (TPSA) is 42.0 Å². The summed E-state index contributed by atoms with van der Waals surface area (Å²) in [4.78, 5) is 17.0. The van der Waals surface area contributed by atoms with Gasteiger partial charge in [-0.25, -0.2) is 4.98 Å². The highest BCUT2D eigenvalue weighted by Gasteiger charge is 2.17. The smallest absolute Gasteiger partial charge is 0.183 e. The molecule has 0 aliphatic heterocycles. The molecule has 2 aromatic rings. The summed E-state index contributed by atoms with van der Waals surface area (Å²) in [5, 5.41) is 3.78. The van der Waals surface area contributed by atoms with Crippen LogP contribution in [0.25, 0.3) is 10.4 Å². The molecule has 0 radical (unpaired) electrons. The van der Waals surface area contributed by atoms with E-state index in [1.807, 2.05) is 7.05 Å². The number of aryl methyl sites for hydroxylation is 2. The third kappa shape index (κ3) is 2.29. The second-order valence-corrected chi connectivity index (χ2v) is 5.32. The molecule has 0 spiro atoms. The van der Waals surface area contributed by atoms with Crippen LogP contribution < -0.4 is 5.32 Å². The van der Waals surface area contributed by atoms with Crippen molar-refractivity contribution >= 4 is 22.3 Å². The van der Waals surface area contributed by atoms with Crippen LogP contribution in [-0.2, 0) is 0 Å². The number of nitrogens with one attached hydrogen (secondary N) is 1. The largest absolute Gasteiger partial charge is 0.365 e. The average Bonchev–Trinajstić information content (AvgIpc) is 2.76. The standard InChI is InChI=1S/C14H16N2OS/c1-8-5-6-9(2)11(7-8)13-12(10(3)17)16-14(15-4)18-13/h5-7H,1-4H3,(H,15,16). The third-order valence-electron chi connectivity index (χ3n) is 2.81. The Morgan fingerprint density at radius 1 is 1.33 bits per heavy atom. The Bertz CT molecular complexity index is 602. The number of hydrogen-bond donors (Lipinski definition) is 1. The fourth-order valence-corrected chi connectivity index (χ4v) is 2.88. The lowest BCUT2D eigenvalue weighted by molar-refractivity contribution is 0.101. The van der Waals surface area contributed by atoms with E-state index in [9.17, 15) is 4.79 Å². The van der Waals surface area contributed by atoms with Crippen LogP contribution in [0.4, 0.5) is 5.13 Å². The lowest BCUT2D eigenvalue weighted by Crippen LogP contribution is -1.96. The molecule has 3 nitrogen and oxygen atoms in total. The minimum atomic E-state index is 0.00339. The highest BCUT2D eigenvalue weighted by Crippen LogP contribution is 2.35. The van der Waals surface area contributed by atoms with Gasteiger partial charge in [-0.15, -0.1) is 0 Å². The number of Topliss-reactive ketones (excluding diaryl/α,β-unsaturated/α-hetero) is 1. The van der Waals surface area contributed by atoms with Crippen LogP contribution in [0, 0.1) is 13.8 Å². The van der Waals surface area contributed by atoms with Crippen LogP contribution in [0.2, 0.25) is 0 Å². The Balaban J connectivity index is 2.65. The first-order valence-corrected chi connectivity index (χ1v) is 6.61. The summed E-state index contributed by atoms with van der Waals surface area (Å²) in [5.74, 6) is 0.00339. The summed E-state index contributed by atoms with van der Waals surface area (Å²) >= 11 is 1.52. The molecule has 94 valence electrons. The van der Waals surface area contributed by atoms with Gasteiger partial charge in [0.15, 0.2) is 10.9 Å². The number of hydrogen-bond acceptors (Lipinski definition) is 4. The van der Waals surface area contributed by atoms with Crippen molar-refractivity contribution in [3.63, 3.8) is 0 Å². The molecule has 0 saturated heterocycles. The summed E-state index contributed by atoms with van der Waals surface area (Å²) in [6.07, 6.45) is 0. The molecule has 0 unspecified atom stereocenters. The highest BCUT2D eigenvalue weighted by atomic mass is 32.1. The summed E-state index contributed by atoms with van der Waals surface area (Å²) in [7, 11) is 1.82. The zero-order valence-corrected chi connectivity index (χ0v) is 11.8. The predicted octanol–water partition coefficient (Wildman–Crippen LogP) is 3.67. The van der Waals surface area contributed by atoms with Gasteiger partial charge in [0.05, 0.1) is 4.88 Å². The Labute approximate surface area is 111 Å². The van der Waals surface area contributed by atoms with Gasteiger partial charge in [-0.3, -0.25) is 4.79 Å². The van der Waals surface area contributed by atoms with E-state index in [1.54, 1.807) is 6.92 Å². The quantitative estimate of drug-likeness (QED) is 0.856. The van der Waals surface area contributed by atoms with Crippen LogP contribution in [0.15, 0.2) is 18.2 Å². The fourth-order valence-electron chi connectivity index (χ4n) is 1.83. The molecule has 0 fully saturated rings. The van der Waals surface area contributed by atoms with E-state index in [1.165, 1.54) is 16.9 Å². The normalized spacial score (nSPS) is 10.4. The van der Waals surface area contributed by atoms with E-state index >= 15 is 0 Å². The fraction of sp³-hybridized carbons (Fsp3) is 0.286. The predicted molar refractivity (Wildman–Crippen MR) is 76.6 cm³/mol. The molecule has 0 bridgehead atoms. The maximum atomic E-state index is 11.7. The van der Waals surface area contributed by atoms with Gasteiger partial charge >= 0.3 is 0 Å². The number of thiazole rings is 1. The molecular weight excluding hydrogens is 244 g/mol. The number of ketones is 1. The molecule has 4 heteroatoms. The number of rotatable bonds is 3. The Morgan fingerprint density at radius 3 is 2.67 bits per heavy atom.